The molecular formula is C18H25N3O. The highest BCUT2D eigenvalue weighted by Crippen LogP contribution is 2.32. The number of allylic oxidation sites excluding steroid dienone is 1. The van der Waals surface area contributed by atoms with E-state index in [1.54, 1.807) is 7.11 Å². The molecule has 22 heavy (non-hydrogen) atoms. The zero-order chi connectivity index (χ0) is 15.6. The zero-order valence-corrected chi connectivity index (χ0v) is 13.7. The number of dihydropyridines is 1. The maximum atomic E-state index is 5.01. The van der Waals surface area contributed by atoms with Gasteiger partial charge in [-0.15, -0.1) is 0 Å². The fourth-order valence-corrected chi connectivity index (χ4v) is 3.29. The zero-order valence-electron chi connectivity index (χ0n) is 13.7. The normalized spacial score (nSPS) is 19.7. The van der Waals surface area contributed by atoms with Gasteiger partial charge < -0.3 is 10.2 Å². The van der Waals surface area contributed by atoms with E-state index in [-0.39, 0.29) is 5.41 Å². The topological polar surface area (TPSA) is 45.6 Å². The van der Waals surface area contributed by atoms with Crippen molar-refractivity contribution in [3.8, 4) is 0 Å². The number of benzene rings is 1. The summed E-state index contributed by atoms with van der Waals surface area (Å²) in [6.45, 7) is 8.06. The Hall–Kier alpha value is -1.49. The average molecular weight is 299 g/mol. The number of rotatable bonds is 4. The summed E-state index contributed by atoms with van der Waals surface area (Å²) in [4.78, 5) is 9.58. The van der Waals surface area contributed by atoms with Crippen molar-refractivity contribution in [2.75, 3.05) is 20.2 Å². The van der Waals surface area contributed by atoms with E-state index in [0.29, 0.717) is 0 Å². The second-order valence-electron chi connectivity index (χ2n) is 6.74. The Bertz CT molecular complexity index is 617. The fraction of sp³-hybridized carbons (Fsp3) is 0.500. The molecule has 0 amide bonds. The van der Waals surface area contributed by atoms with Crippen LogP contribution in [0.25, 0.3) is 5.57 Å². The standard InChI is InChI=1S/C18H25N3O/c1-18(2)8-14(9-20-12-18)15-5-4-13(10-21-22-3)17-11-19-7-6-16(15)17/h4-5,8-9,19,21H,6-7,10-12H2,1-3H3. The summed E-state index contributed by atoms with van der Waals surface area (Å²) >= 11 is 0. The maximum Gasteiger partial charge on any atom is 0.0572 e. The molecule has 0 fully saturated rings. The number of hydroxylamine groups is 1. The lowest BCUT2D eigenvalue weighted by atomic mass is 9.83. The summed E-state index contributed by atoms with van der Waals surface area (Å²) in [5.74, 6) is 0. The quantitative estimate of drug-likeness (QED) is 0.840. The van der Waals surface area contributed by atoms with Crippen LogP contribution in [0.3, 0.4) is 0 Å². The highest BCUT2D eigenvalue weighted by atomic mass is 16.6. The molecule has 0 atom stereocenters. The number of nitrogens with one attached hydrogen (secondary N) is 2. The number of hydrogen-bond acceptors (Lipinski definition) is 4. The minimum atomic E-state index is 0.139. The molecule has 0 saturated carbocycles. The Morgan fingerprint density at radius 3 is 2.95 bits per heavy atom. The molecule has 0 spiro atoms. The van der Waals surface area contributed by atoms with Crippen LogP contribution in [0.15, 0.2) is 23.2 Å². The number of nitrogens with zero attached hydrogens (tertiary/aromatic N) is 1. The Kier molecular flexibility index (Phi) is 4.43. The van der Waals surface area contributed by atoms with E-state index < -0.39 is 0 Å². The van der Waals surface area contributed by atoms with E-state index in [4.69, 9.17) is 4.84 Å². The first-order chi connectivity index (χ1) is 10.6. The van der Waals surface area contributed by atoms with Gasteiger partial charge in [0.1, 0.15) is 0 Å². The largest absolute Gasteiger partial charge is 0.312 e. The Balaban J connectivity index is 2.02. The first-order valence-electron chi connectivity index (χ1n) is 7.94. The average Bonchev–Trinajstić information content (AvgIpc) is 2.51. The highest BCUT2D eigenvalue weighted by molar-refractivity contribution is 6.11. The second kappa shape index (κ2) is 6.32. The third-order valence-electron chi connectivity index (χ3n) is 4.38. The summed E-state index contributed by atoms with van der Waals surface area (Å²) in [6.07, 6.45) is 5.47. The van der Waals surface area contributed by atoms with Crippen LogP contribution in [0.2, 0.25) is 0 Å². The third kappa shape index (κ3) is 3.14. The van der Waals surface area contributed by atoms with Gasteiger partial charge in [0.15, 0.2) is 0 Å². The van der Waals surface area contributed by atoms with Gasteiger partial charge in [-0.2, -0.15) is 5.48 Å². The molecule has 1 aromatic carbocycles. The fourth-order valence-electron chi connectivity index (χ4n) is 3.29. The van der Waals surface area contributed by atoms with Crippen molar-refractivity contribution in [3.63, 3.8) is 0 Å². The minimum Gasteiger partial charge on any atom is -0.312 e. The highest BCUT2D eigenvalue weighted by Gasteiger charge is 2.22. The van der Waals surface area contributed by atoms with Crippen LogP contribution in [-0.2, 0) is 24.3 Å². The summed E-state index contributed by atoms with van der Waals surface area (Å²) in [7, 11) is 1.66. The molecule has 2 heterocycles. The van der Waals surface area contributed by atoms with E-state index in [1.807, 2.05) is 6.21 Å². The molecule has 0 aliphatic carbocycles. The van der Waals surface area contributed by atoms with E-state index in [0.717, 1.165) is 32.6 Å². The lowest BCUT2D eigenvalue weighted by Gasteiger charge is -2.27. The SMILES string of the molecule is CONCc1ccc(C2=CC(C)(C)CN=C2)c2c1CNCC2. The molecule has 1 aromatic rings. The molecule has 118 valence electrons. The van der Waals surface area contributed by atoms with Crippen molar-refractivity contribution in [3.05, 3.63) is 40.5 Å². The third-order valence-corrected chi connectivity index (χ3v) is 4.38. The smallest absolute Gasteiger partial charge is 0.0572 e. The molecule has 0 unspecified atom stereocenters. The van der Waals surface area contributed by atoms with E-state index in [9.17, 15) is 0 Å². The number of aliphatic imine (C=N–C) groups is 1. The molecule has 0 aromatic heterocycles. The van der Waals surface area contributed by atoms with Crippen molar-refractivity contribution in [2.45, 2.75) is 33.4 Å². The second-order valence-corrected chi connectivity index (χ2v) is 6.74. The minimum absolute atomic E-state index is 0.139. The molecule has 2 aliphatic rings. The van der Waals surface area contributed by atoms with Crippen LogP contribution < -0.4 is 10.8 Å². The van der Waals surface area contributed by atoms with Crippen LogP contribution in [0, 0.1) is 5.41 Å². The van der Waals surface area contributed by atoms with Crippen molar-refractivity contribution >= 4 is 11.8 Å². The molecule has 3 rings (SSSR count). The summed E-state index contributed by atoms with van der Waals surface area (Å²) in [6, 6.07) is 4.46. The molecule has 4 heteroatoms. The molecule has 4 nitrogen and oxygen atoms in total. The number of fused-ring (bicyclic) bond motifs is 1. The molecule has 0 radical (unpaired) electrons. The summed E-state index contributed by atoms with van der Waals surface area (Å²) in [5, 5.41) is 3.48. The first kappa shape index (κ1) is 15.4. The lowest BCUT2D eigenvalue weighted by Crippen LogP contribution is -2.27. The lowest BCUT2D eigenvalue weighted by molar-refractivity contribution is 0.0864. The molecule has 2 N–H and O–H groups in total. The molecule has 2 aliphatic heterocycles. The van der Waals surface area contributed by atoms with Gasteiger partial charge in [-0.1, -0.05) is 32.1 Å². The molecular weight excluding hydrogens is 274 g/mol. The maximum absolute atomic E-state index is 5.01. The van der Waals surface area contributed by atoms with Crippen molar-refractivity contribution in [1.82, 2.24) is 10.8 Å². The summed E-state index contributed by atoms with van der Waals surface area (Å²) in [5.41, 5.74) is 9.88. The molecule has 0 saturated heterocycles. The predicted octanol–water partition coefficient (Wildman–Crippen LogP) is 2.48. The van der Waals surface area contributed by atoms with Crippen molar-refractivity contribution in [1.29, 1.82) is 0 Å². The monoisotopic (exact) mass is 299 g/mol. The van der Waals surface area contributed by atoms with Crippen LogP contribution in [0.4, 0.5) is 0 Å². The van der Waals surface area contributed by atoms with Gasteiger partial charge in [0, 0.05) is 31.3 Å². The van der Waals surface area contributed by atoms with Crippen molar-refractivity contribution in [2.24, 2.45) is 10.4 Å². The van der Waals surface area contributed by atoms with Gasteiger partial charge in [-0.25, -0.2) is 0 Å². The van der Waals surface area contributed by atoms with E-state index in [2.05, 4.69) is 47.8 Å². The van der Waals surface area contributed by atoms with Gasteiger partial charge in [-0.05, 0) is 40.8 Å². The molecule has 0 bridgehead atoms. The van der Waals surface area contributed by atoms with Gasteiger partial charge in [0.25, 0.3) is 0 Å². The van der Waals surface area contributed by atoms with Crippen LogP contribution >= 0.6 is 0 Å². The van der Waals surface area contributed by atoms with Gasteiger partial charge in [-0.3, -0.25) is 4.99 Å². The Morgan fingerprint density at radius 2 is 2.18 bits per heavy atom. The number of hydrogen-bond donors (Lipinski definition) is 2. The predicted molar refractivity (Wildman–Crippen MR) is 90.8 cm³/mol. The van der Waals surface area contributed by atoms with Crippen LogP contribution in [-0.4, -0.2) is 26.4 Å². The first-order valence-corrected chi connectivity index (χ1v) is 7.94. The van der Waals surface area contributed by atoms with Crippen LogP contribution in [0.1, 0.15) is 36.1 Å². The van der Waals surface area contributed by atoms with Gasteiger partial charge >= 0.3 is 0 Å². The Morgan fingerprint density at radius 1 is 1.32 bits per heavy atom. The van der Waals surface area contributed by atoms with E-state index >= 15 is 0 Å². The van der Waals surface area contributed by atoms with Crippen molar-refractivity contribution < 1.29 is 4.84 Å². The van der Waals surface area contributed by atoms with Gasteiger partial charge in [0.05, 0.1) is 7.11 Å². The van der Waals surface area contributed by atoms with E-state index in [1.165, 1.54) is 27.8 Å². The Labute approximate surface area is 132 Å². The van der Waals surface area contributed by atoms with Gasteiger partial charge in [0.2, 0.25) is 0 Å². The summed E-state index contributed by atoms with van der Waals surface area (Å²) < 4.78 is 0. The van der Waals surface area contributed by atoms with Crippen LogP contribution in [0.5, 0.6) is 0 Å².